The fourth-order valence-corrected chi connectivity index (χ4v) is 2.83. The monoisotopic (exact) mass is 289 g/mol. The van der Waals surface area contributed by atoms with Gasteiger partial charge in [0.05, 0.1) is 0 Å². The molecule has 1 aromatic carbocycles. The molecule has 1 N–H and O–H groups in total. The highest BCUT2D eigenvalue weighted by atomic mass is 32.1. The van der Waals surface area contributed by atoms with Crippen LogP contribution in [0.1, 0.15) is 18.4 Å². The van der Waals surface area contributed by atoms with E-state index in [1.807, 2.05) is 18.2 Å². The van der Waals surface area contributed by atoms with Gasteiger partial charge >= 0.3 is 5.97 Å². The second kappa shape index (κ2) is 7.70. The molecule has 3 nitrogen and oxygen atoms in total. The average molecular weight is 289 g/mol. The first kappa shape index (κ1) is 14.6. The summed E-state index contributed by atoms with van der Waals surface area (Å²) >= 11 is 1.71. The minimum absolute atomic E-state index is 0.224. The van der Waals surface area contributed by atoms with Crippen LogP contribution in [-0.2, 0) is 11.2 Å². The molecule has 0 saturated carbocycles. The highest BCUT2D eigenvalue weighted by Gasteiger charge is 2.07. The Bertz CT molecular complexity index is 511. The lowest BCUT2D eigenvalue weighted by molar-refractivity contribution is -0.137. The van der Waals surface area contributed by atoms with Crippen molar-refractivity contribution in [1.82, 2.24) is 0 Å². The number of hydrogen-bond donors (Lipinski definition) is 1. The zero-order valence-electron chi connectivity index (χ0n) is 11.4. The van der Waals surface area contributed by atoms with Gasteiger partial charge in [-0.3, -0.25) is 4.79 Å². The second-order valence-electron chi connectivity index (χ2n) is 4.70. The van der Waals surface area contributed by atoms with E-state index in [0.29, 0.717) is 6.42 Å². The van der Waals surface area contributed by atoms with E-state index in [2.05, 4.69) is 33.9 Å². The van der Waals surface area contributed by atoms with Crippen molar-refractivity contribution in [2.24, 2.45) is 0 Å². The molecule has 0 atom stereocenters. The van der Waals surface area contributed by atoms with Crippen LogP contribution in [0.25, 0.3) is 0 Å². The number of para-hydroxylation sites is 1. The van der Waals surface area contributed by atoms with E-state index >= 15 is 0 Å². The smallest absolute Gasteiger partial charge is 0.303 e. The topological polar surface area (TPSA) is 40.5 Å². The molecule has 1 heterocycles. The molecule has 0 amide bonds. The zero-order chi connectivity index (χ0) is 14.2. The molecule has 0 spiro atoms. The van der Waals surface area contributed by atoms with Crippen molar-refractivity contribution in [3.05, 3.63) is 52.7 Å². The van der Waals surface area contributed by atoms with Gasteiger partial charge in [-0.15, -0.1) is 0 Å². The molecule has 0 unspecified atom stereocenters. The maximum Gasteiger partial charge on any atom is 0.303 e. The van der Waals surface area contributed by atoms with Gasteiger partial charge in [0.2, 0.25) is 0 Å². The molecule has 0 fully saturated rings. The predicted molar refractivity (Wildman–Crippen MR) is 83.5 cm³/mol. The molecular formula is C16H19NO2S. The number of anilines is 1. The average Bonchev–Trinajstić information content (AvgIpc) is 2.96. The van der Waals surface area contributed by atoms with E-state index in [1.54, 1.807) is 11.3 Å². The van der Waals surface area contributed by atoms with Gasteiger partial charge in [-0.1, -0.05) is 18.2 Å². The summed E-state index contributed by atoms with van der Waals surface area (Å²) in [4.78, 5) is 12.9. The second-order valence-corrected chi connectivity index (χ2v) is 5.48. The third-order valence-electron chi connectivity index (χ3n) is 3.19. The molecular weight excluding hydrogens is 270 g/mol. The third-order valence-corrected chi connectivity index (χ3v) is 3.92. The summed E-state index contributed by atoms with van der Waals surface area (Å²) in [6, 6.07) is 12.3. The van der Waals surface area contributed by atoms with Gasteiger partial charge in [-0.2, -0.15) is 11.3 Å². The highest BCUT2D eigenvalue weighted by molar-refractivity contribution is 7.07. The van der Waals surface area contributed by atoms with Crippen LogP contribution >= 0.6 is 11.3 Å². The Morgan fingerprint density at radius 3 is 2.60 bits per heavy atom. The normalized spacial score (nSPS) is 10.4. The Labute approximate surface area is 123 Å². The lowest BCUT2D eigenvalue weighted by atomic mass is 10.2. The summed E-state index contributed by atoms with van der Waals surface area (Å²) in [5, 5.41) is 13.0. The third kappa shape index (κ3) is 4.70. The van der Waals surface area contributed by atoms with E-state index in [1.165, 1.54) is 5.56 Å². The van der Waals surface area contributed by atoms with E-state index in [-0.39, 0.29) is 6.42 Å². The van der Waals surface area contributed by atoms with Crippen molar-refractivity contribution >= 4 is 23.0 Å². The van der Waals surface area contributed by atoms with Crippen LogP contribution < -0.4 is 4.90 Å². The Hall–Kier alpha value is -1.81. The molecule has 2 aromatic rings. The molecule has 0 aliphatic carbocycles. The molecule has 4 heteroatoms. The Kier molecular flexibility index (Phi) is 5.62. The maximum atomic E-state index is 10.6. The van der Waals surface area contributed by atoms with E-state index < -0.39 is 5.97 Å². The van der Waals surface area contributed by atoms with Gasteiger partial charge in [0.1, 0.15) is 0 Å². The molecule has 1 aromatic heterocycles. The first-order valence-electron chi connectivity index (χ1n) is 6.78. The molecule has 0 bridgehead atoms. The van der Waals surface area contributed by atoms with E-state index in [0.717, 1.165) is 25.2 Å². The molecule has 20 heavy (non-hydrogen) atoms. The number of carboxylic acids is 1. The number of rotatable bonds is 8. The van der Waals surface area contributed by atoms with Crippen LogP contribution in [0.5, 0.6) is 0 Å². The van der Waals surface area contributed by atoms with Crippen molar-refractivity contribution in [2.45, 2.75) is 19.3 Å². The number of benzene rings is 1. The lowest BCUT2D eigenvalue weighted by Gasteiger charge is -2.24. The molecule has 0 radical (unpaired) electrons. The number of thiophene rings is 1. The fraction of sp³-hybridized carbons (Fsp3) is 0.312. The Morgan fingerprint density at radius 1 is 1.15 bits per heavy atom. The first-order chi connectivity index (χ1) is 9.75. The van der Waals surface area contributed by atoms with Crippen molar-refractivity contribution < 1.29 is 9.90 Å². The summed E-state index contributed by atoms with van der Waals surface area (Å²) in [6.07, 6.45) is 1.89. The Balaban J connectivity index is 1.94. The van der Waals surface area contributed by atoms with Crippen LogP contribution in [0, 0.1) is 0 Å². The summed E-state index contributed by atoms with van der Waals surface area (Å²) in [5.74, 6) is -0.726. The highest BCUT2D eigenvalue weighted by Crippen LogP contribution is 2.16. The molecule has 2 rings (SSSR count). The van der Waals surface area contributed by atoms with Gasteiger partial charge in [0, 0.05) is 25.2 Å². The van der Waals surface area contributed by atoms with Crippen LogP contribution in [0.2, 0.25) is 0 Å². The summed E-state index contributed by atoms with van der Waals surface area (Å²) < 4.78 is 0. The minimum atomic E-state index is -0.726. The fourth-order valence-electron chi connectivity index (χ4n) is 2.13. The predicted octanol–water partition coefficient (Wildman–Crippen LogP) is 3.66. The van der Waals surface area contributed by atoms with Crippen molar-refractivity contribution in [3.8, 4) is 0 Å². The standard InChI is InChI=1S/C16H19NO2S/c18-16(19)7-4-10-17(15-5-2-1-3-6-15)11-8-14-9-12-20-13-14/h1-3,5-6,9,12-13H,4,7-8,10-11H2,(H,18,19). The molecule has 0 saturated heterocycles. The van der Waals surface area contributed by atoms with Crippen molar-refractivity contribution in [3.63, 3.8) is 0 Å². The first-order valence-corrected chi connectivity index (χ1v) is 7.73. The molecule has 0 aliphatic rings. The van der Waals surface area contributed by atoms with Crippen LogP contribution in [-0.4, -0.2) is 24.2 Å². The number of hydrogen-bond acceptors (Lipinski definition) is 3. The maximum absolute atomic E-state index is 10.6. The Morgan fingerprint density at radius 2 is 1.95 bits per heavy atom. The number of carboxylic acid groups (broad SMARTS) is 1. The summed E-state index contributed by atoms with van der Waals surface area (Å²) in [5.41, 5.74) is 2.50. The van der Waals surface area contributed by atoms with Crippen molar-refractivity contribution in [1.29, 1.82) is 0 Å². The lowest BCUT2D eigenvalue weighted by Crippen LogP contribution is -2.27. The quantitative estimate of drug-likeness (QED) is 0.806. The van der Waals surface area contributed by atoms with E-state index in [4.69, 9.17) is 5.11 Å². The van der Waals surface area contributed by atoms with Crippen LogP contribution in [0.15, 0.2) is 47.2 Å². The largest absolute Gasteiger partial charge is 0.481 e. The molecule has 106 valence electrons. The number of carbonyl (C=O) groups is 1. The van der Waals surface area contributed by atoms with Gasteiger partial charge in [0.25, 0.3) is 0 Å². The number of nitrogens with zero attached hydrogens (tertiary/aromatic N) is 1. The van der Waals surface area contributed by atoms with Crippen LogP contribution in [0.3, 0.4) is 0 Å². The SMILES string of the molecule is O=C(O)CCCN(CCc1ccsc1)c1ccccc1. The zero-order valence-corrected chi connectivity index (χ0v) is 12.2. The van der Waals surface area contributed by atoms with Crippen molar-refractivity contribution in [2.75, 3.05) is 18.0 Å². The van der Waals surface area contributed by atoms with Gasteiger partial charge in [-0.25, -0.2) is 0 Å². The van der Waals surface area contributed by atoms with Gasteiger partial charge in [0.15, 0.2) is 0 Å². The molecule has 0 aliphatic heterocycles. The van der Waals surface area contributed by atoms with Crippen LogP contribution in [0.4, 0.5) is 5.69 Å². The summed E-state index contributed by atoms with van der Waals surface area (Å²) in [7, 11) is 0. The van der Waals surface area contributed by atoms with Gasteiger partial charge in [-0.05, 0) is 47.4 Å². The number of aliphatic carboxylic acids is 1. The van der Waals surface area contributed by atoms with Gasteiger partial charge < -0.3 is 10.0 Å². The minimum Gasteiger partial charge on any atom is -0.481 e. The van der Waals surface area contributed by atoms with E-state index in [9.17, 15) is 4.79 Å². The summed E-state index contributed by atoms with van der Waals surface area (Å²) in [6.45, 7) is 1.70.